The van der Waals surface area contributed by atoms with Crippen LogP contribution < -0.4 is 4.90 Å². The number of nitrogens with one attached hydrogen (secondary N) is 1. The SMILES string of the molecule is CN(C)c1ccc(/C=C(\C#N)C(=O)c2c[nH]c3ccccc23)cc1. The van der Waals surface area contributed by atoms with Gasteiger partial charge in [-0.2, -0.15) is 5.26 Å². The Morgan fingerprint density at radius 2 is 1.83 bits per heavy atom. The molecule has 0 aliphatic carbocycles. The van der Waals surface area contributed by atoms with Gasteiger partial charge in [0.05, 0.1) is 0 Å². The van der Waals surface area contributed by atoms with Crippen molar-refractivity contribution in [3.8, 4) is 6.07 Å². The first-order valence-electron chi connectivity index (χ1n) is 7.60. The second kappa shape index (κ2) is 6.43. The molecule has 1 aromatic heterocycles. The lowest BCUT2D eigenvalue weighted by atomic mass is 10.0. The van der Waals surface area contributed by atoms with E-state index in [9.17, 15) is 10.1 Å². The van der Waals surface area contributed by atoms with E-state index in [1.807, 2.05) is 73.6 Å². The number of nitrogens with zero attached hydrogens (tertiary/aromatic N) is 2. The number of hydrogen-bond donors (Lipinski definition) is 1. The highest BCUT2D eigenvalue weighted by molar-refractivity contribution is 6.19. The van der Waals surface area contributed by atoms with Gasteiger partial charge in [0.15, 0.2) is 0 Å². The summed E-state index contributed by atoms with van der Waals surface area (Å²) in [6.07, 6.45) is 3.29. The Morgan fingerprint density at radius 3 is 2.50 bits per heavy atom. The van der Waals surface area contributed by atoms with E-state index in [-0.39, 0.29) is 11.4 Å². The fourth-order valence-corrected chi connectivity index (χ4v) is 2.59. The predicted molar refractivity (Wildman–Crippen MR) is 97.0 cm³/mol. The molecule has 0 unspecified atom stereocenters. The smallest absolute Gasteiger partial charge is 0.205 e. The Balaban J connectivity index is 1.96. The highest BCUT2D eigenvalue weighted by Crippen LogP contribution is 2.22. The van der Waals surface area contributed by atoms with Crippen LogP contribution >= 0.6 is 0 Å². The van der Waals surface area contributed by atoms with Crippen molar-refractivity contribution in [2.24, 2.45) is 0 Å². The van der Waals surface area contributed by atoms with Crippen molar-refractivity contribution in [3.05, 3.63) is 71.4 Å². The first-order valence-corrected chi connectivity index (χ1v) is 7.60. The summed E-state index contributed by atoms with van der Waals surface area (Å²) in [6, 6.07) is 17.3. The zero-order valence-electron chi connectivity index (χ0n) is 13.6. The molecule has 4 heteroatoms. The van der Waals surface area contributed by atoms with E-state index in [2.05, 4.69) is 4.98 Å². The maximum atomic E-state index is 12.7. The lowest BCUT2D eigenvalue weighted by Crippen LogP contribution is -2.08. The molecule has 0 radical (unpaired) electrons. The van der Waals surface area contributed by atoms with E-state index in [0.717, 1.165) is 22.2 Å². The van der Waals surface area contributed by atoms with Crippen LogP contribution in [-0.4, -0.2) is 24.9 Å². The molecule has 3 rings (SSSR count). The molecule has 0 amide bonds. The third kappa shape index (κ3) is 2.92. The van der Waals surface area contributed by atoms with Crippen LogP contribution in [-0.2, 0) is 0 Å². The first-order chi connectivity index (χ1) is 11.6. The Labute approximate surface area is 140 Å². The maximum Gasteiger partial charge on any atom is 0.205 e. The van der Waals surface area contributed by atoms with Gasteiger partial charge in [0.1, 0.15) is 11.6 Å². The lowest BCUT2D eigenvalue weighted by Gasteiger charge is -2.11. The largest absolute Gasteiger partial charge is 0.378 e. The molecule has 1 N–H and O–H groups in total. The van der Waals surface area contributed by atoms with E-state index in [4.69, 9.17) is 0 Å². The van der Waals surface area contributed by atoms with Crippen LogP contribution in [0, 0.1) is 11.3 Å². The topological polar surface area (TPSA) is 59.9 Å². The average Bonchev–Trinajstić information content (AvgIpc) is 3.03. The van der Waals surface area contributed by atoms with Crippen LogP contribution in [0.2, 0.25) is 0 Å². The molecule has 0 fully saturated rings. The molecule has 0 saturated heterocycles. The van der Waals surface area contributed by atoms with Crippen molar-refractivity contribution in [3.63, 3.8) is 0 Å². The normalized spacial score (nSPS) is 11.3. The quantitative estimate of drug-likeness (QED) is 0.449. The van der Waals surface area contributed by atoms with Crippen molar-refractivity contribution in [2.75, 3.05) is 19.0 Å². The molecular formula is C20H17N3O. The third-order valence-corrected chi connectivity index (χ3v) is 3.92. The molecule has 4 nitrogen and oxygen atoms in total. The maximum absolute atomic E-state index is 12.7. The molecule has 3 aromatic rings. The standard InChI is InChI=1S/C20H17N3O/c1-23(2)16-9-7-14(8-10-16)11-15(12-21)20(24)18-13-22-19-6-4-3-5-17(18)19/h3-11,13,22H,1-2H3/b15-11+. The molecule has 0 aliphatic rings. The van der Waals surface area contributed by atoms with Gasteiger partial charge in [0, 0.05) is 42.4 Å². The summed E-state index contributed by atoms with van der Waals surface area (Å²) in [6.45, 7) is 0. The van der Waals surface area contributed by atoms with Crippen molar-refractivity contribution < 1.29 is 4.79 Å². The van der Waals surface area contributed by atoms with Crippen LogP contribution in [0.5, 0.6) is 0 Å². The van der Waals surface area contributed by atoms with E-state index >= 15 is 0 Å². The number of para-hydroxylation sites is 1. The summed E-state index contributed by atoms with van der Waals surface area (Å²) in [5.41, 5.74) is 3.41. The number of ketones is 1. The fraction of sp³-hybridized carbons (Fsp3) is 0.100. The minimum atomic E-state index is -0.272. The summed E-state index contributed by atoms with van der Waals surface area (Å²) < 4.78 is 0. The highest BCUT2D eigenvalue weighted by Gasteiger charge is 2.16. The zero-order valence-corrected chi connectivity index (χ0v) is 13.6. The predicted octanol–water partition coefficient (Wildman–Crippen LogP) is 4.02. The highest BCUT2D eigenvalue weighted by atomic mass is 16.1. The third-order valence-electron chi connectivity index (χ3n) is 3.92. The number of Topliss-reactive ketones (excluding diaryl/α,β-unsaturated/α-hetero) is 1. The van der Waals surface area contributed by atoms with Gasteiger partial charge in [-0.25, -0.2) is 0 Å². The molecular weight excluding hydrogens is 298 g/mol. The number of aromatic amines is 1. The summed E-state index contributed by atoms with van der Waals surface area (Å²) in [5.74, 6) is -0.272. The van der Waals surface area contributed by atoms with Crippen LogP contribution in [0.3, 0.4) is 0 Å². The van der Waals surface area contributed by atoms with Crippen LogP contribution in [0.1, 0.15) is 15.9 Å². The molecule has 0 atom stereocenters. The van der Waals surface area contributed by atoms with Crippen molar-refractivity contribution in [1.29, 1.82) is 5.26 Å². The molecule has 24 heavy (non-hydrogen) atoms. The number of benzene rings is 2. The zero-order chi connectivity index (χ0) is 17.1. The van der Waals surface area contributed by atoms with Crippen molar-refractivity contribution in [1.82, 2.24) is 4.98 Å². The van der Waals surface area contributed by atoms with Gasteiger partial charge in [0.2, 0.25) is 5.78 Å². The fourth-order valence-electron chi connectivity index (χ4n) is 2.59. The number of carbonyl (C=O) groups excluding carboxylic acids is 1. The number of allylic oxidation sites excluding steroid dienone is 1. The number of anilines is 1. The number of hydrogen-bond acceptors (Lipinski definition) is 3. The van der Waals surface area contributed by atoms with Gasteiger partial charge in [-0.15, -0.1) is 0 Å². The summed E-state index contributed by atoms with van der Waals surface area (Å²) >= 11 is 0. The Kier molecular flexibility index (Phi) is 4.17. The van der Waals surface area contributed by atoms with Gasteiger partial charge in [-0.3, -0.25) is 4.79 Å². The van der Waals surface area contributed by atoms with E-state index in [1.165, 1.54) is 0 Å². The number of nitriles is 1. The number of H-pyrrole nitrogens is 1. The first kappa shape index (κ1) is 15.6. The minimum absolute atomic E-state index is 0.123. The van der Waals surface area contributed by atoms with E-state index in [0.29, 0.717) is 5.56 Å². The molecule has 118 valence electrons. The Hall–Kier alpha value is -3.32. The second-order valence-corrected chi connectivity index (χ2v) is 5.73. The van der Waals surface area contributed by atoms with Gasteiger partial charge in [-0.05, 0) is 29.8 Å². The summed E-state index contributed by atoms with van der Waals surface area (Å²) in [4.78, 5) is 17.8. The number of carbonyl (C=O) groups is 1. The number of rotatable bonds is 4. The minimum Gasteiger partial charge on any atom is -0.378 e. The Bertz CT molecular complexity index is 956. The molecule has 0 saturated carbocycles. The molecule has 2 aromatic carbocycles. The van der Waals surface area contributed by atoms with E-state index < -0.39 is 0 Å². The molecule has 0 aliphatic heterocycles. The van der Waals surface area contributed by atoms with Crippen LogP contribution in [0.25, 0.3) is 17.0 Å². The number of aromatic nitrogens is 1. The van der Waals surface area contributed by atoms with Gasteiger partial charge in [-0.1, -0.05) is 30.3 Å². The number of fused-ring (bicyclic) bond motifs is 1. The van der Waals surface area contributed by atoms with Gasteiger partial charge >= 0.3 is 0 Å². The van der Waals surface area contributed by atoms with Crippen molar-refractivity contribution >= 4 is 28.4 Å². The second-order valence-electron chi connectivity index (χ2n) is 5.73. The molecule has 0 bridgehead atoms. The average molecular weight is 315 g/mol. The van der Waals surface area contributed by atoms with Crippen molar-refractivity contribution in [2.45, 2.75) is 0 Å². The van der Waals surface area contributed by atoms with Crippen LogP contribution in [0.15, 0.2) is 60.3 Å². The van der Waals surface area contributed by atoms with Crippen LogP contribution in [0.4, 0.5) is 5.69 Å². The summed E-state index contributed by atoms with van der Waals surface area (Å²) in [5, 5.41) is 10.2. The summed E-state index contributed by atoms with van der Waals surface area (Å²) in [7, 11) is 3.93. The monoisotopic (exact) mass is 315 g/mol. The molecule has 1 heterocycles. The Morgan fingerprint density at radius 1 is 1.12 bits per heavy atom. The molecule has 0 spiro atoms. The lowest BCUT2D eigenvalue weighted by molar-refractivity contribution is 0.104. The van der Waals surface area contributed by atoms with Gasteiger partial charge < -0.3 is 9.88 Å². The van der Waals surface area contributed by atoms with Gasteiger partial charge in [0.25, 0.3) is 0 Å². The van der Waals surface area contributed by atoms with E-state index in [1.54, 1.807) is 12.3 Å².